The maximum atomic E-state index is 13.2. The van der Waals surface area contributed by atoms with Gasteiger partial charge in [0.15, 0.2) is 0 Å². The first-order valence-electron chi connectivity index (χ1n) is 11.3. The van der Waals surface area contributed by atoms with Gasteiger partial charge in [-0.3, -0.25) is 14.5 Å². The van der Waals surface area contributed by atoms with Crippen LogP contribution in [0.1, 0.15) is 52.5 Å². The Morgan fingerprint density at radius 1 is 0.939 bits per heavy atom. The smallest absolute Gasteiger partial charge is 0.262 e. The van der Waals surface area contributed by atoms with Gasteiger partial charge in [-0.05, 0) is 74.2 Å². The van der Waals surface area contributed by atoms with Crippen LogP contribution in [0.5, 0.6) is 0 Å². The highest BCUT2D eigenvalue weighted by molar-refractivity contribution is 7.18. The van der Waals surface area contributed by atoms with E-state index >= 15 is 0 Å². The molecular formula is C26H26ClN3O2S. The topological polar surface area (TPSA) is 61.4 Å². The standard InChI is InChI=1S/C26H26ClN3O2S/c27-22-13-12-21(33-22)24(31)29-23(18-6-2-1-3-7-18)25(32)28-20-10-8-19(9-11-20)26(14-15-26)30-16-4-5-17-30/h1-3,6-13,23H,4-5,14-17H2,(H,28,32)(H,29,31). The predicted molar refractivity (Wildman–Crippen MR) is 133 cm³/mol. The minimum atomic E-state index is -0.821. The van der Waals surface area contributed by atoms with Crippen molar-refractivity contribution in [2.24, 2.45) is 0 Å². The quantitative estimate of drug-likeness (QED) is 0.464. The van der Waals surface area contributed by atoms with E-state index in [0.29, 0.717) is 14.8 Å². The lowest BCUT2D eigenvalue weighted by Crippen LogP contribution is -2.36. The van der Waals surface area contributed by atoms with Gasteiger partial charge in [0, 0.05) is 11.2 Å². The zero-order valence-electron chi connectivity index (χ0n) is 18.2. The van der Waals surface area contributed by atoms with E-state index in [4.69, 9.17) is 11.6 Å². The fourth-order valence-electron chi connectivity index (χ4n) is 4.71. The fourth-order valence-corrected chi connectivity index (χ4v) is 5.66. The predicted octanol–water partition coefficient (Wildman–Crippen LogP) is 5.60. The van der Waals surface area contributed by atoms with Crippen molar-refractivity contribution in [2.45, 2.75) is 37.3 Å². The molecule has 1 atom stereocenters. The molecule has 2 N–H and O–H groups in total. The Balaban J connectivity index is 1.31. The van der Waals surface area contributed by atoms with Gasteiger partial charge in [-0.2, -0.15) is 0 Å². The average Bonchev–Trinajstić information content (AvgIpc) is 3.22. The van der Waals surface area contributed by atoms with E-state index in [1.54, 1.807) is 12.1 Å². The minimum Gasteiger partial charge on any atom is -0.336 e. The molecule has 5 rings (SSSR count). The molecule has 1 saturated carbocycles. The summed E-state index contributed by atoms with van der Waals surface area (Å²) in [6.07, 6.45) is 4.96. The van der Waals surface area contributed by atoms with Gasteiger partial charge in [0.05, 0.1) is 9.21 Å². The number of halogens is 1. The summed E-state index contributed by atoms with van der Waals surface area (Å²) in [4.78, 5) is 29.1. The number of amides is 2. The molecule has 0 radical (unpaired) electrons. The van der Waals surface area contributed by atoms with Gasteiger partial charge in [0.2, 0.25) is 0 Å². The molecule has 2 aromatic carbocycles. The van der Waals surface area contributed by atoms with Crippen LogP contribution < -0.4 is 10.6 Å². The van der Waals surface area contributed by atoms with Crippen LogP contribution in [-0.2, 0) is 10.3 Å². The molecule has 1 aliphatic carbocycles. The summed E-state index contributed by atoms with van der Waals surface area (Å²) in [5, 5.41) is 5.84. The second-order valence-electron chi connectivity index (χ2n) is 8.71. The fraction of sp³-hybridized carbons (Fsp3) is 0.308. The van der Waals surface area contributed by atoms with Gasteiger partial charge in [-0.1, -0.05) is 54.1 Å². The highest BCUT2D eigenvalue weighted by Crippen LogP contribution is 2.52. The Hall–Kier alpha value is -2.67. The molecule has 0 spiro atoms. The number of nitrogens with zero attached hydrogens (tertiary/aromatic N) is 1. The van der Waals surface area contributed by atoms with Crippen LogP contribution in [-0.4, -0.2) is 29.8 Å². The van der Waals surface area contributed by atoms with Crippen molar-refractivity contribution >= 4 is 40.4 Å². The summed E-state index contributed by atoms with van der Waals surface area (Å²) in [7, 11) is 0. The number of anilines is 1. The highest BCUT2D eigenvalue weighted by Gasteiger charge is 2.49. The van der Waals surface area contributed by atoms with E-state index in [1.165, 1.54) is 55.7 Å². The first-order chi connectivity index (χ1) is 16.0. The van der Waals surface area contributed by atoms with Crippen LogP contribution in [0.4, 0.5) is 5.69 Å². The van der Waals surface area contributed by atoms with Crippen molar-refractivity contribution in [2.75, 3.05) is 18.4 Å². The van der Waals surface area contributed by atoms with Gasteiger partial charge in [-0.25, -0.2) is 0 Å². The molecule has 2 heterocycles. The number of carbonyl (C=O) groups excluding carboxylic acids is 2. The second kappa shape index (κ2) is 9.29. The summed E-state index contributed by atoms with van der Waals surface area (Å²) < 4.78 is 0.531. The van der Waals surface area contributed by atoms with Crippen molar-refractivity contribution < 1.29 is 9.59 Å². The average molecular weight is 480 g/mol. The third-order valence-electron chi connectivity index (χ3n) is 6.59. The van der Waals surface area contributed by atoms with Crippen molar-refractivity contribution in [3.8, 4) is 0 Å². The summed E-state index contributed by atoms with van der Waals surface area (Å²) in [5.41, 5.74) is 2.95. The third-order valence-corrected chi connectivity index (χ3v) is 7.82. The van der Waals surface area contributed by atoms with Gasteiger partial charge in [0.25, 0.3) is 11.8 Å². The molecule has 1 aromatic heterocycles. The lowest BCUT2D eigenvalue weighted by molar-refractivity contribution is -0.118. The molecule has 5 nitrogen and oxygen atoms in total. The Labute approximate surface area is 202 Å². The van der Waals surface area contributed by atoms with E-state index in [-0.39, 0.29) is 17.4 Å². The number of nitrogens with one attached hydrogen (secondary N) is 2. The maximum absolute atomic E-state index is 13.2. The molecule has 1 aliphatic heterocycles. The molecule has 2 amide bonds. The van der Waals surface area contributed by atoms with Crippen LogP contribution >= 0.6 is 22.9 Å². The SMILES string of the molecule is O=C(NC(C(=O)Nc1ccc(C2(N3CCCC3)CC2)cc1)c1ccccc1)c1ccc(Cl)s1. The highest BCUT2D eigenvalue weighted by atomic mass is 35.5. The number of likely N-dealkylation sites (tertiary alicyclic amines) is 1. The summed E-state index contributed by atoms with van der Waals surface area (Å²) in [6.45, 7) is 2.35. The zero-order valence-corrected chi connectivity index (χ0v) is 19.8. The molecule has 2 aliphatic rings. The van der Waals surface area contributed by atoms with Gasteiger partial charge >= 0.3 is 0 Å². The molecule has 0 bridgehead atoms. The van der Waals surface area contributed by atoms with E-state index < -0.39 is 6.04 Å². The number of thiophene rings is 1. The van der Waals surface area contributed by atoms with Crippen LogP contribution in [0.25, 0.3) is 0 Å². The molecule has 2 fully saturated rings. The van der Waals surface area contributed by atoms with Crippen molar-refractivity contribution in [3.63, 3.8) is 0 Å². The Kier molecular flexibility index (Phi) is 6.23. The summed E-state index contributed by atoms with van der Waals surface area (Å²) >= 11 is 7.16. The zero-order chi connectivity index (χ0) is 22.8. The Morgan fingerprint density at radius 2 is 1.64 bits per heavy atom. The number of hydrogen-bond donors (Lipinski definition) is 2. The van der Waals surface area contributed by atoms with Gasteiger partial charge < -0.3 is 10.6 Å². The third kappa shape index (κ3) is 4.69. The van der Waals surface area contributed by atoms with E-state index in [1.807, 2.05) is 42.5 Å². The van der Waals surface area contributed by atoms with Crippen molar-refractivity contribution in [3.05, 3.63) is 87.1 Å². The molecule has 3 aromatic rings. The van der Waals surface area contributed by atoms with Crippen molar-refractivity contribution in [1.29, 1.82) is 0 Å². The van der Waals surface area contributed by atoms with Gasteiger partial charge in [-0.15, -0.1) is 11.3 Å². The second-order valence-corrected chi connectivity index (χ2v) is 10.4. The van der Waals surface area contributed by atoms with E-state index in [0.717, 1.165) is 5.69 Å². The van der Waals surface area contributed by atoms with Crippen LogP contribution in [0.2, 0.25) is 4.34 Å². The largest absolute Gasteiger partial charge is 0.336 e. The summed E-state index contributed by atoms with van der Waals surface area (Å²) in [6, 6.07) is 20.0. The molecule has 170 valence electrons. The van der Waals surface area contributed by atoms with Gasteiger partial charge in [0.1, 0.15) is 6.04 Å². The molecule has 33 heavy (non-hydrogen) atoms. The minimum absolute atomic E-state index is 0.196. The van der Waals surface area contributed by atoms with E-state index in [2.05, 4.69) is 27.7 Å². The van der Waals surface area contributed by atoms with Crippen LogP contribution in [0.3, 0.4) is 0 Å². The Morgan fingerprint density at radius 3 is 2.24 bits per heavy atom. The molecule has 7 heteroatoms. The van der Waals surface area contributed by atoms with Crippen LogP contribution in [0, 0.1) is 0 Å². The first kappa shape index (κ1) is 22.1. The number of rotatable bonds is 7. The number of carbonyl (C=O) groups is 2. The van der Waals surface area contributed by atoms with Crippen LogP contribution in [0.15, 0.2) is 66.7 Å². The lowest BCUT2D eigenvalue weighted by Gasteiger charge is -2.28. The number of benzene rings is 2. The summed E-state index contributed by atoms with van der Waals surface area (Å²) in [5.74, 6) is -0.613. The first-order valence-corrected chi connectivity index (χ1v) is 12.5. The molecule has 1 saturated heterocycles. The van der Waals surface area contributed by atoms with E-state index in [9.17, 15) is 9.59 Å². The normalized spacial score (nSPS) is 18.0. The number of hydrogen-bond acceptors (Lipinski definition) is 4. The van der Waals surface area contributed by atoms with Crippen molar-refractivity contribution in [1.82, 2.24) is 10.2 Å². The Bertz CT molecular complexity index is 1140. The maximum Gasteiger partial charge on any atom is 0.262 e. The molecular weight excluding hydrogens is 454 g/mol. The monoisotopic (exact) mass is 479 g/mol. The lowest BCUT2D eigenvalue weighted by atomic mass is 10.0. The molecule has 1 unspecified atom stereocenters.